The Bertz CT molecular complexity index is 1020. The Kier molecular flexibility index (Phi) is 5.57. The zero-order valence-electron chi connectivity index (χ0n) is 14.8. The van der Waals surface area contributed by atoms with Crippen molar-refractivity contribution >= 4 is 23.2 Å². The Morgan fingerprint density at radius 2 is 1.89 bits per heavy atom. The predicted octanol–water partition coefficient (Wildman–Crippen LogP) is 3.77. The predicted molar refractivity (Wildman–Crippen MR) is 105 cm³/mol. The molecule has 0 aliphatic heterocycles. The fourth-order valence-electron chi connectivity index (χ4n) is 2.53. The maximum Gasteiger partial charge on any atom is 0.267 e. The smallest absolute Gasteiger partial charge is 0.267 e. The van der Waals surface area contributed by atoms with Crippen LogP contribution >= 0.6 is 11.6 Å². The van der Waals surface area contributed by atoms with Crippen molar-refractivity contribution in [2.45, 2.75) is 13.0 Å². The van der Waals surface area contributed by atoms with E-state index in [0.29, 0.717) is 22.2 Å². The van der Waals surface area contributed by atoms with Gasteiger partial charge in [-0.1, -0.05) is 23.7 Å². The Morgan fingerprint density at radius 3 is 2.59 bits per heavy atom. The van der Waals surface area contributed by atoms with Crippen LogP contribution in [-0.4, -0.2) is 22.8 Å². The first-order valence-corrected chi connectivity index (χ1v) is 8.66. The van der Waals surface area contributed by atoms with Crippen molar-refractivity contribution < 1.29 is 9.53 Å². The molecule has 6 nitrogen and oxygen atoms in total. The first-order chi connectivity index (χ1) is 13.0. The molecule has 1 amide bonds. The molecule has 1 unspecified atom stereocenters. The molecule has 0 fully saturated rings. The highest BCUT2D eigenvalue weighted by atomic mass is 35.5. The number of carbonyl (C=O) groups excluding carboxylic acids is 1. The van der Waals surface area contributed by atoms with Gasteiger partial charge in [0.25, 0.3) is 5.56 Å². The summed E-state index contributed by atoms with van der Waals surface area (Å²) >= 11 is 5.85. The number of anilines is 1. The van der Waals surface area contributed by atoms with Crippen molar-refractivity contribution in [2.75, 3.05) is 12.4 Å². The Labute approximate surface area is 161 Å². The Hall–Kier alpha value is -3.12. The van der Waals surface area contributed by atoms with Crippen LogP contribution in [0.1, 0.15) is 13.0 Å². The molecule has 0 bridgehead atoms. The fraction of sp³-hybridized carbons (Fsp3) is 0.150. The van der Waals surface area contributed by atoms with E-state index in [1.54, 1.807) is 44.4 Å². The van der Waals surface area contributed by atoms with Gasteiger partial charge in [0.1, 0.15) is 11.8 Å². The van der Waals surface area contributed by atoms with Crippen LogP contribution in [0.4, 0.5) is 5.69 Å². The van der Waals surface area contributed by atoms with E-state index in [-0.39, 0.29) is 11.5 Å². The maximum absolute atomic E-state index is 12.5. The second-order valence-electron chi connectivity index (χ2n) is 5.91. The van der Waals surface area contributed by atoms with Gasteiger partial charge in [-0.2, -0.15) is 5.10 Å². The molecule has 2 aromatic carbocycles. The minimum atomic E-state index is -0.793. The number of aromatic nitrogens is 2. The van der Waals surface area contributed by atoms with Crippen LogP contribution in [0.25, 0.3) is 11.3 Å². The van der Waals surface area contributed by atoms with Gasteiger partial charge < -0.3 is 10.1 Å². The lowest BCUT2D eigenvalue weighted by atomic mass is 10.1. The molecule has 3 aromatic rings. The molecule has 1 N–H and O–H groups in total. The van der Waals surface area contributed by atoms with Crippen LogP contribution < -0.4 is 15.6 Å². The van der Waals surface area contributed by atoms with E-state index in [2.05, 4.69) is 10.4 Å². The van der Waals surface area contributed by atoms with E-state index in [9.17, 15) is 9.59 Å². The van der Waals surface area contributed by atoms with E-state index in [1.807, 2.05) is 24.3 Å². The normalized spacial score (nSPS) is 11.7. The highest BCUT2D eigenvalue weighted by Crippen LogP contribution is 2.22. The van der Waals surface area contributed by atoms with Crippen LogP contribution in [-0.2, 0) is 4.79 Å². The van der Waals surface area contributed by atoms with E-state index < -0.39 is 6.04 Å². The van der Waals surface area contributed by atoms with E-state index in [4.69, 9.17) is 16.3 Å². The molecule has 1 aromatic heterocycles. The molecule has 1 heterocycles. The maximum atomic E-state index is 12.5. The SMILES string of the molecule is COc1cccc(-c2ccc(=O)n(C(C)C(=O)Nc3ccc(Cl)cc3)n2)c1. The summed E-state index contributed by atoms with van der Waals surface area (Å²) in [4.78, 5) is 24.8. The van der Waals surface area contributed by atoms with Gasteiger partial charge in [0.15, 0.2) is 0 Å². The number of hydrogen-bond acceptors (Lipinski definition) is 4. The third kappa shape index (κ3) is 4.35. The van der Waals surface area contributed by atoms with Gasteiger partial charge in [0.2, 0.25) is 5.91 Å². The molecule has 0 saturated carbocycles. The first kappa shape index (κ1) is 18.7. The summed E-state index contributed by atoms with van der Waals surface area (Å²) in [5.74, 6) is 0.329. The molecular weight excluding hydrogens is 366 g/mol. The molecule has 0 aliphatic carbocycles. The Morgan fingerprint density at radius 1 is 1.15 bits per heavy atom. The lowest BCUT2D eigenvalue weighted by Gasteiger charge is -2.15. The number of nitrogens with one attached hydrogen (secondary N) is 1. The summed E-state index contributed by atoms with van der Waals surface area (Å²) in [6.45, 7) is 1.62. The van der Waals surface area contributed by atoms with Gasteiger partial charge >= 0.3 is 0 Å². The van der Waals surface area contributed by atoms with Gasteiger partial charge in [-0.3, -0.25) is 9.59 Å². The molecule has 3 rings (SSSR count). The van der Waals surface area contributed by atoms with Crippen molar-refractivity contribution in [3.05, 3.63) is 76.0 Å². The summed E-state index contributed by atoms with van der Waals surface area (Å²) in [6.07, 6.45) is 0. The quantitative estimate of drug-likeness (QED) is 0.727. The number of nitrogens with zero attached hydrogens (tertiary/aromatic N) is 2. The monoisotopic (exact) mass is 383 g/mol. The van der Waals surface area contributed by atoms with E-state index in [1.165, 1.54) is 10.7 Å². The van der Waals surface area contributed by atoms with Gasteiger partial charge in [0.05, 0.1) is 12.8 Å². The Balaban J connectivity index is 1.87. The van der Waals surface area contributed by atoms with E-state index in [0.717, 1.165) is 5.56 Å². The third-order valence-electron chi connectivity index (χ3n) is 4.05. The minimum absolute atomic E-state index is 0.352. The molecule has 27 heavy (non-hydrogen) atoms. The summed E-state index contributed by atoms with van der Waals surface area (Å²) < 4.78 is 6.39. The average molecular weight is 384 g/mol. The summed E-state index contributed by atoms with van der Waals surface area (Å²) in [5, 5.41) is 7.69. The molecule has 138 valence electrons. The summed E-state index contributed by atoms with van der Waals surface area (Å²) in [7, 11) is 1.58. The molecule has 0 radical (unpaired) electrons. The number of hydrogen-bond donors (Lipinski definition) is 1. The topological polar surface area (TPSA) is 73.2 Å². The lowest BCUT2D eigenvalue weighted by Crippen LogP contribution is -2.33. The molecule has 1 atom stereocenters. The average Bonchev–Trinajstić information content (AvgIpc) is 2.69. The number of ether oxygens (including phenoxy) is 1. The first-order valence-electron chi connectivity index (χ1n) is 8.28. The van der Waals surface area contributed by atoms with Crippen molar-refractivity contribution in [3.63, 3.8) is 0 Å². The summed E-state index contributed by atoms with van der Waals surface area (Å²) in [5.41, 5.74) is 1.58. The molecule has 0 saturated heterocycles. The number of rotatable bonds is 5. The van der Waals surface area contributed by atoms with Crippen LogP contribution in [0.5, 0.6) is 5.75 Å². The number of amides is 1. The highest BCUT2D eigenvalue weighted by molar-refractivity contribution is 6.30. The van der Waals surface area contributed by atoms with Crippen LogP contribution in [0.15, 0.2) is 65.5 Å². The van der Waals surface area contributed by atoms with Crippen molar-refractivity contribution in [3.8, 4) is 17.0 Å². The van der Waals surface area contributed by atoms with Crippen LogP contribution in [0, 0.1) is 0 Å². The second-order valence-corrected chi connectivity index (χ2v) is 6.34. The zero-order chi connectivity index (χ0) is 19.4. The molecular formula is C20H18ClN3O3. The fourth-order valence-corrected chi connectivity index (χ4v) is 2.66. The van der Waals surface area contributed by atoms with E-state index >= 15 is 0 Å². The van der Waals surface area contributed by atoms with Gasteiger partial charge in [-0.25, -0.2) is 4.68 Å². The standard InChI is InChI=1S/C20H18ClN3O3/c1-13(20(26)22-16-8-6-15(21)7-9-16)24-19(25)11-10-18(23-24)14-4-3-5-17(12-14)27-2/h3-13H,1-2H3,(H,22,26). The third-order valence-corrected chi connectivity index (χ3v) is 4.30. The number of halogens is 1. The molecule has 7 heteroatoms. The lowest BCUT2D eigenvalue weighted by molar-refractivity contribution is -0.119. The van der Waals surface area contributed by atoms with Gasteiger partial charge in [-0.15, -0.1) is 0 Å². The molecule has 0 spiro atoms. The van der Waals surface area contributed by atoms with Crippen molar-refractivity contribution in [1.29, 1.82) is 0 Å². The van der Waals surface area contributed by atoms with Crippen molar-refractivity contribution in [1.82, 2.24) is 9.78 Å². The number of carbonyl (C=O) groups is 1. The molecule has 0 aliphatic rings. The van der Waals surface area contributed by atoms with Crippen LogP contribution in [0.2, 0.25) is 5.02 Å². The largest absolute Gasteiger partial charge is 0.497 e. The van der Waals surface area contributed by atoms with Crippen LogP contribution in [0.3, 0.4) is 0 Å². The highest BCUT2D eigenvalue weighted by Gasteiger charge is 2.18. The summed E-state index contributed by atoms with van der Waals surface area (Å²) in [6, 6.07) is 16.3. The number of methoxy groups -OCH3 is 1. The number of benzene rings is 2. The van der Waals surface area contributed by atoms with Gasteiger partial charge in [0, 0.05) is 22.3 Å². The zero-order valence-corrected chi connectivity index (χ0v) is 15.6. The second kappa shape index (κ2) is 8.05. The van der Waals surface area contributed by atoms with Gasteiger partial charge in [-0.05, 0) is 49.4 Å². The van der Waals surface area contributed by atoms with Crippen molar-refractivity contribution in [2.24, 2.45) is 0 Å². The minimum Gasteiger partial charge on any atom is -0.497 e.